The Hall–Kier alpha value is -2.01. The highest BCUT2D eigenvalue weighted by molar-refractivity contribution is 6.30. The molecule has 2 aromatic rings. The van der Waals surface area contributed by atoms with Crippen LogP contribution in [-0.4, -0.2) is 16.1 Å². The Labute approximate surface area is 123 Å². The molecule has 6 heteroatoms. The number of nitrogens with zero attached hydrogens (tertiary/aromatic N) is 2. The van der Waals surface area contributed by atoms with E-state index in [-0.39, 0.29) is 6.10 Å². The second-order valence-electron chi connectivity index (χ2n) is 4.59. The second kappa shape index (κ2) is 6.43. The highest BCUT2D eigenvalue weighted by atomic mass is 35.5. The van der Waals surface area contributed by atoms with E-state index >= 15 is 0 Å². The molecule has 0 radical (unpaired) electrons. The first-order valence-corrected chi connectivity index (χ1v) is 6.69. The molecule has 106 valence electrons. The van der Waals surface area contributed by atoms with Gasteiger partial charge in [0.15, 0.2) is 5.82 Å². The van der Waals surface area contributed by atoms with Gasteiger partial charge in [-0.25, -0.2) is 4.98 Å². The Balaban J connectivity index is 2.10. The van der Waals surface area contributed by atoms with Crippen molar-refractivity contribution in [3.8, 4) is 5.88 Å². The minimum absolute atomic E-state index is 0.00739. The number of hydrogen-bond acceptors (Lipinski definition) is 5. The molecule has 0 bridgehead atoms. The average molecular weight is 293 g/mol. The second-order valence-corrected chi connectivity index (χ2v) is 5.03. The lowest BCUT2D eigenvalue weighted by molar-refractivity contribution is 0.234. The van der Waals surface area contributed by atoms with Gasteiger partial charge in [0.1, 0.15) is 12.0 Å². The minimum Gasteiger partial charge on any atom is -0.473 e. The van der Waals surface area contributed by atoms with Crippen molar-refractivity contribution in [2.24, 2.45) is 0 Å². The third-order valence-corrected chi connectivity index (χ3v) is 2.78. The zero-order valence-corrected chi connectivity index (χ0v) is 12.2. The van der Waals surface area contributed by atoms with Gasteiger partial charge < -0.3 is 15.8 Å². The third kappa shape index (κ3) is 3.74. The molecule has 0 fully saturated rings. The first-order chi connectivity index (χ1) is 9.56. The Morgan fingerprint density at radius 1 is 1.35 bits per heavy atom. The number of ether oxygens (including phenoxy) is 1. The molecule has 5 nitrogen and oxygen atoms in total. The first kappa shape index (κ1) is 14.4. The maximum Gasteiger partial charge on any atom is 0.242 e. The molecule has 0 atom stereocenters. The van der Waals surface area contributed by atoms with Crippen LogP contribution in [-0.2, 0) is 6.54 Å². The smallest absolute Gasteiger partial charge is 0.242 e. The summed E-state index contributed by atoms with van der Waals surface area (Å²) in [4.78, 5) is 8.15. The monoisotopic (exact) mass is 292 g/mol. The fourth-order valence-electron chi connectivity index (χ4n) is 1.67. The molecule has 1 aromatic heterocycles. The summed E-state index contributed by atoms with van der Waals surface area (Å²) in [6, 6.07) is 7.59. The molecule has 2 rings (SSSR count). The number of nitrogens with one attached hydrogen (secondary N) is 1. The highest BCUT2D eigenvalue weighted by Crippen LogP contribution is 2.25. The maximum absolute atomic E-state index is 5.99. The number of halogens is 1. The Morgan fingerprint density at radius 2 is 2.15 bits per heavy atom. The van der Waals surface area contributed by atoms with Crippen LogP contribution in [0.15, 0.2) is 30.6 Å². The van der Waals surface area contributed by atoms with Crippen molar-refractivity contribution in [2.45, 2.75) is 26.5 Å². The number of nitrogens with two attached hydrogens (primary N) is 1. The van der Waals surface area contributed by atoms with Crippen LogP contribution in [0, 0.1) is 0 Å². The fraction of sp³-hybridized carbons (Fsp3) is 0.286. The quantitative estimate of drug-likeness (QED) is 0.886. The summed E-state index contributed by atoms with van der Waals surface area (Å²) in [7, 11) is 0. The van der Waals surface area contributed by atoms with Crippen LogP contribution < -0.4 is 15.8 Å². The number of hydrogen-bond donors (Lipinski definition) is 2. The van der Waals surface area contributed by atoms with Gasteiger partial charge >= 0.3 is 0 Å². The van der Waals surface area contributed by atoms with Crippen LogP contribution in [0.25, 0.3) is 0 Å². The summed E-state index contributed by atoms with van der Waals surface area (Å²) >= 11 is 5.94. The number of rotatable bonds is 5. The van der Waals surface area contributed by atoms with Gasteiger partial charge in [-0.2, -0.15) is 4.98 Å². The van der Waals surface area contributed by atoms with Crippen molar-refractivity contribution in [3.63, 3.8) is 0 Å². The summed E-state index contributed by atoms with van der Waals surface area (Å²) in [6.07, 6.45) is 1.43. The number of benzene rings is 1. The number of aromatic nitrogens is 2. The average Bonchev–Trinajstić information content (AvgIpc) is 2.39. The van der Waals surface area contributed by atoms with E-state index in [9.17, 15) is 0 Å². The first-order valence-electron chi connectivity index (χ1n) is 6.31. The largest absolute Gasteiger partial charge is 0.473 e. The van der Waals surface area contributed by atoms with Gasteiger partial charge in [-0.1, -0.05) is 23.7 Å². The van der Waals surface area contributed by atoms with E-state index < -0.39 is 0 Å². The van der Waals surface area contributed by atoms with Crippen molar-refractivity contribution in [1.82, 2.24) is 9.97 Å². The zero-order chi connectivity index (χ0) is 14.5. The predicted octanol–water partition coefficient (Wildman–Crippen LogP) is 3.11. The van der Waals surface area contributed by atoms with E-state index in [1.165, 1.54) is 6.33 Å². The lowest BCUT2D eigenvalue weighted by Gasteiger charge is -2.13. The molecule has 3 N–H and O–H groups in total. The van der Waals surface area contributed by atoms with Gasteiger partial charge in [0.05, 0.1) is 6.10 Å². The van der Waals surface area contributed by atoms with Crippen LogP contribution in [0.2, 0.25) is 5.02 Å². The Morgan fingerprint density at radius 3 is 2.85 bits per heavy atom. The van der Waals surface area contributed by atoms with Gasteiger partial charge in [-0.15, -0.1) is 0 Å². The van der Waals surface area contributed by atoms with Gasteiger partial charge in [0.2, 0.25) is 5.88 Å². The van der Waals surface area contributed by atoms with Crippen molar-refractivity contribution in [1.29, 1.82) is 0 Å². The van der Waals surface area contributed by atoms with Crippen molar-refractivity contribution >= 4 is 23.1 Å². The van der Waals surface area contributed by atoms with E-state index in [4.69, 9.17) is 22.1 Å². The molecule has 1 aromatic carbocycles. The third-order valence-electron chi connectivity index (χ3n) is 2.54. The molecule has 0 aliphatic heterocycles. The summed E-state index contributed by atoms with van der Waals surface area (Å²) in [5, 5.41) is 3.85. The van der Waals surface area contributed by atoms with Crippen molar-refractivity contribution < 1.29 is 4.74 Å². The van der Waals surface area contributed by atoms with Gasteiger partial charge in [-0.3, -0.25) is 0 Å². The molecule has 0 spiro atoms. The van der Waals surface area contributed by atoms with Crippen LogP contribution in [0.3, 0.4) is 0 Å². The molecule has 0 aliphatic carbocycles. The molecule has 0 saturated carbocycles. The van der Waals surface area contributed by atoms with Crippen molar-refractivity contribution in [2.75, 3.05) is 11.1 Å². The van der Waals surface area contributed by atoms with E-state index in [0.717, 1.165) is 5.56 Å². The van der Waals surface area contributed by atoms with Crippen LogP contribution >= 0.6 is 11.6 Å². The van der Waals surface area contributed by atoms with Crippen LogP contribution in [0.4, 0.5) is 11.5 Å². The predicted molar refractivity (Wildman–Crippen MR) is 81.0 cm³/mol. The van der Waals surface area contributed by atoms with E-state index in [1.807, 2.05) is 38.1 Å². The highest BCUT2D eigenvalue weighted by Gasteiger charge is 2.10. The van der Waals surface area contributed by atoms with E-state index in [1.54, 1.807) is 0 Å². The molecule has 0 unspecified atom stereocenters. The molecule has 20 heavy (non-hydrogen) atoms. The van der Waals surface area contributed by atoms with Gasteiger partial charge in [0, 0.05) is 11.6 Å². The zero-order valence-electron chi connectivity index (χ0n) is 11.4. The minimum atomic E-state index is 0.00739. The van der Waals surface area contributed by atoms with Gasteiger partial charge in [-0.05, 0) is 31.5 Å². The fourth-order valence-corrected chi connectivity index (χ4v) is 1.88. The van der Waals surface area contributed by atoms with E-state index in [2.05, 4.69) is 15.3 Å². The summed E-state index contributed by atoms with van der Waals surface area (Å²) < 4.78 is 5.52. The normalized spacial score (nSPS) is 10.6. The molecule has 0 saturated heterocycles. The van der Waals surface area contributed by atoms with E-state index in [0.29, 0.717) is 29.0 Å². The SMILES string of the molecule is CC(C)Oc1ncnc(NCc2cccc(Cl)c2)c1N. The van der Waals surface area contributed by atoms with Gasteiger partial charge in [0.25, 0.3) is 0 Å². The lowest BCUT2D eigenvalue weighted by Crippen LogP contribution is -2.12. The summed E-state index contributed by atoms with van der Waals surface area (Å²) in [5.74, 6) is 0.944. The lowest BCUT2D eigenvalue weighted by atomic mass is 10.2. The maximum atomic E-state index is 5.99. The molecule has 0 aliphatic rings. The summed E-state index contributed by atoms with van der Waals surface area (Å²) in [5.41, 5.74) is 7.44. The molecule has 0 amide bonds. The van der Waals surface area contributed by atoms with Crippen molar-refractivity contribution in [3.05, 3.63) is 41.2 Å². The summed E-state index contributed by atoms with van der Waals surface area (Å²) in [6.45, 7) is 4.41. The number of anilines is 2. The number of nitrogen functional groups attached to an aromatic ring is 1. The van der Waals surface area contributed by atoms with Crippen LogP contribution in [0.1, 0.15) is 19.4 Å². The standard InChI is InChI=1S/C14H17ClN4O/c1-9(2)20-14-12(16)13(18-8-19-14)17-7-10-4-3-5-11(15)6-10/h3-6,8-9H,7,16H2,1-2H3,(H,17,18,19). The molecule has 1 heterocycles. The van der Waals surface area contributed by atoms with Crippen LogP contribution in [0.5, 0.6) is 5.88 Å². The Bertz CT molecular complexity index is 589. The molecular formula is C14H17ClN4O. The Kier molecular flexibility index (Phi) is 4.63. The topological polar surface area (TPSA) is 73.1 Å². The molecular weight excluding hydrogens is 276 g/mol.